The first-order chi connectivity index (χ1) is 10.6. The molecule has 2 rings (SSSR count). The van der Waals surface area contributed by atoms with Crippen molar-refractivity contribution in [3.05, 3.63) is 29.3 Å². The van der Waals surface area contributed by atoms with Gasteiger partial charge in [-0.15, -0.1) is 0 Å². The van der Waals surface area contributed by atoms with Crippen molar-refractivity contribution in [2.24, 2.45) is 0 Å². The van der Waals surface area contributed by atoms with Crippen LogP contribution in [0.3, 0.4) is 0 Å². The highest BCUT2D eigenvalue weighted by Crippen LogP contribution is 2.26. The van der Waals surface area contributed by atoms with E-state index in [9.17, 15) is 14.4 Å². The number of carbonyl (C=O) groups is 3. The van der Waals surface area contributed by atoms with Crippen LogP contribution in [0.4, 0.5) is 10.5 Å². The molecule has 0 saturated carbocycles. The Morgan fingerprint density at radius 2 is 1.95 bits per heavy atom. The maximum Gasteiger partial charge on any atom is 0.319 e. The Kier molecular flexibility index (Phi) is 5.11. The summed E-state index contributed by atoms with van der Waals surface area (Å²) in [5, 5.41) is 5.22. The minimum absolute atomic E-state index is 0.305. The summed E-state index contributed by atoms with van der Waals surface area (Å²) < 4.78 is 4.93. The van der Waals surface area contributed by atoms with Crippen molar-refractivity contribution in [2.75, 3.05) is 32.1 Å². The van der Waals surface area contributed by atoms with Crippen LogP contribution in [-0.2, 0) is 4.74 Å². The molecule has 0 spiro atoms. The van der Waals surface area contributed by atoms with Gasteiger partial charge in [-0.05, 0) is 31.5 Å². The second kappa shape index (κ2) is 7.04. The van der Waals surface area contributed by atoms with Gasteiger partial charge in [-0.3, -0.25) is 14.5 Å². The SMILES string of the molecule is CCNC(=O)Nc1ccc2c(c1)C(=O)N(CCCOC)C2=O. The van der Waals surface area contributed by atoms with E-state index in [1.807, 2.05) is 6.92 Å². The number of methoxy groups -OCH3 is 1. The summed E-state index contributed by atoms with van der Waals surface area (Å²) in [6.07, 6.45) is 0.589. The van der Waals surface area contributed by atoms with Crippen LogP contribution >= 0.6 is 0 Å². The van der Waals surface area contributed by atoms with Crippen LogP contribution in [0.15, 0.2) is 18.2 Å². The zero-order valence-corrected chi connectivity index (χ0v) is 12.6. The Balaban J connectivity index is 2.13. The summed E-state index contributed by atoms with van der Waals surface area (Å²) in [5.74, 6) is -0.642. The summed E-state index contributed by atoms with van der Waals surface area (Å²) in [4.78, 5) is 37.2. The number of hydrogen-bond donors (Lipinski definition) is 2. The zero-order valence-electron chi connectivity index (χ0n) is 12.6. The van der Waals surface area contributed by atoms with Crippen molar-refractivity contribution >= 4 is 23.5 Å². The van der Waals surface area contributed by atoms with Gasteiger partial charge >= 0.3 is 6.03 Å². The standard InChI is InChI=1S/C15H19N3O4/c1-3-16-15(21)17-10-5-6-11-12(9-10)14(20)18(13(11)19)7-4-8-22-2/h5-6,9H,3-4,7-8H2,1-2H3,(H2,16,17,21). The maximum atomic E-state index is 12.3. The lowest BCUT2D eigenvalue weighted by atomic mass is 10.1. The molecule has 0 radical (unpaired) electrons. The van der Waals surface area contributed by atoms with Crippen molar-refractivity contribution in [1.29, 1.82) is 0 Å². The van der Waals surface area contributed by atoms with Gasteiger partial charge in [0, 0.05) is 32.5 Å². The van der Waals surface area contributed by atoms with Gasteiger partial charge in [-0.2, -0.15) is 0 Å². The van der Waals surface area contributed by atoms with Gasteiger partial charge in [0.15, 0.2) is 0 Å². The number of amides is 4. The van der Waals surface area contributed by atoms with E-state index in [0.29, 0.717) is 42.9 Å². The highest BCUT2D eigenvalue weighted by Gasteiger charge is 2.35. The number of urea groups is 1. The highest BCUT2D eigenvalue weighted by atomic mass is 16.5. The second-order valence-corrected chi connectivity index (χ2v) is 4.85. The fourth-order valence-corrected chi connectivity index (χ4v) is 2.27. The molecule has 0 atom stereocenters. The molecule has 0 aliphatic carbocycles. The number of rotatable bonds is 6. The molecule has 1 aliphatic rings. The van der Waals surface area contributed by atoms with Gasteiger partial charge < -0.3 is 15.4 Å². The number of anilines is 1. The van der Waals surface area contributed by atoms with Crippen LogP contribution in [0, 0.1) is 0 Å². The number of imide groups is 1. The quantitative estimate of drug-likeness (QED) is 0.615. The first-order valence-electron chi connectivity index (χ1n) is 7.12. The molecule has 0 saturated heterocycles. The van der Waals surface area contributed by atoms with Gasteiger partial charge in [0.2, 0.25) is 0 Å². The van der Waals surface area contributed by atoms with Crippen LogP contribution in [0.5, 0.6) is 0 Å². The van der Waals surface area contributed by atoms with Crippen LogP contribution < -0.4 is 10.6 Å². The summed E-state index contributed by atoms with van der Waals surface area (Å²) in [5.41, 5.74) is 1.16. The molecule has 22 heavy (non-hydrogen) atoms. The van der Waals surface area contributed by atoms with Crippen molar-refractivity contribution in [3.8, 4) is 0 Å². The molecule has 1 heterocycles. The summed E-state index contributed by atoms with van der Waals surface area (Å²) >= 11 is 0. The largest absolute Gasteiger partial charge is 0.385 e. The molecule has 118 valence electrons. The fraction of sp³-hybridized carbons (Fsp3) is 0.400. The fourth-order valence-electron chi connectivity index (χ4n) is 2.27. The van der Waals surface area contributed by atoms with Gasteiger partial charge in [-0.1, -0.05) is 0 Å². The third-order valence-electron chi connectivity index (χ3n) is 3.30. The lowest BCUT2D eigenvalue weighted by Crippen LogP contribution is -2.31. The van der Waals surface area contributed by atoms with Crippen LogP contribution in [0.2, 0.25) is 0 Å². The average molecular weight is 305 g/mol. The molecule has 0 bridgehead atoms. The first-order valence-corrected chi connectivity index (χ1v) is 7.12. The minimum atomic E-state index is -0.351. The van der Waals surface area contributed by atoms with Crippen LogP contribution in [0.1, 0.15) is 34.1 Å². The van der Waals surface area contributed by atoms with Crippen molar-refractivity contribution in [2.45, 2.75) is 13.3 Å². The smallest absolute Gasteiger partial charge is 0.319 e. The Morgan fingerprint density at radius 1 is 1.23 bits per heavy atom. The Hall–Kier alpha value is -2.41. The third-order valence-corrected chi connectivity index (χ3v) is 3.30. The number of fused-ring (bicyclic) bond motifs is 1. The first kappa shape index (κ1) is 16.0. The lowest BCUT2D eigenvalue weighted by Gasteiger charge is -2.12. The average Bonchev–Trinajstić information content (AvgIpc) is 2.72. The van der Waals surface area contributed by atoms with Crippen LogP contribution in [0.25, 0.3) is 0 Å². The van der Waals surface area contributed by atoms with Gasteiger partial charge in [0.05, 0.1) is 11.1 Å². The van der Waals surface area contributed by atoms with Gasteiger partial charge in [0.25, 0.3) is 11.8 Å². The van der Waals surface area contributed by atoms with E-state index in [2.05, 4.69) is 10.6 Å². The van der Waals surface area contributed by atoms with Gasteiger partial charge in [-0.25, -0.2) is 4.79 Å². The summed E-state index contributed by atoms with van der Waals surface area (Å²) in [6, 6.07) is 4.35. The van der Waals surface area contributed by atoms with Gasteiger partial charge in [0.1, 0.15) is 0 Å². The van der Waals surface area contributed by atoms with E-state index >= 15 is 0 Å². The summed E-state index contributed by atoms with van der Waals surface area (Å²) in [7, 11) is 1.57. The number of nitrogens with zero attached hydrogens (tertiary/aromatic N) is 1. The molecule has 1 aliphatic heterocycles. The van der Waals surface area contributed by atoms with E-state index in [-0.39, 0.29) is 17.8 Å². The number of carbonyl (C=O) groups excluding carboxylic acids is 3. The van der Waals surface area contributed by atoms with E-state index in [1.54, 1.807) is 19.2 Å². The normalized spacial score (nSPS) is 13.3. The number of ether oxygens (including phenoxy) is 1. The third kappa shape index (κ3) is 3.25. The Bertz CT molecular complexity index is 600. The van der Waals surface area contributed by atoms with Crippen LogP contribution in [-0.4, -0.2) is 49.6 Å². The van der Waals surface area contributed by atoms with E-state index in [1.165, 1.54) is 11.0 Å². The molecule has 1 aromatic carbocycles. The Morgan fingerprint density at radius 3 is 2.64 bits per heavy atom. The molecular weight excluding hydrogens is 286 g/mol. The number of benzene rings is 1. The molecule has 7 nitrogen and oxygen atoms in total. The minimum Gasteiger partial charge on any atom is -0.385 e. The van der Waals surface area contributed by atoms with E-state index in [4.69, 9.17) is 4.74 Å². The molecule has 0 fully saturated rings. The molecule has 7 heteroatoms. The van der Waals surface area contributed by atoms with Crippen molar-refractivity contribution in [3.63, 3.8) is 0 Å². The molecule has 0 aromatic heterocycles. The molecular formula is C15H19N3O4. The molecule has 4 amide bonds. The topological polar surface area (TPSA) is 87.7 Å². The maximum absolute atomic E-state index is 12.3. The number of nitrogens with one attached hydrogen (secondary N) is 2. The predicted octanol–water partition coefficient (Wildman–Crippen LogP) is 1.46. The predicted molar refractivity (Wildman–Crippen MR) is 81.0 cm³/mol. The molecule has 0 unspecified atom stereocenters. The number of hydrogen-bond acceptors (Lipinski definition) is 4. The summed E-state index contributed by atoms with van der Waals surface area (Å²) in [6.45, 7) is 3.11. The second-order valence-electron chi connectivity index (χ2n) is 4.85. The molecule has 2 N–H and O–H groups in total. The molecule has 1 aromatic rings. The zero-order chi connectivity index (χ0) is 16.1. The lowest BCUT2D eigenvalue weighted by molar-refractivity contribution is 0.0638. The highest BCUT2D eigenvalue weighted by molar-refractivity contribution is 6.21. The van der Waals surface area contributed by atoms with Crippen molar-refractivity contribution < 1.29 is 19.1 Å². The van der Waals surface area contributed by atoms with Crippen molar-refractivity contribution in [1.82, 2.24) is 10.2 Å². The van der Waals surface area contributed by atoms with E-state index < -0.39 is 0 Å². The monoisotopic (exact) mass is 305 g/mol. The van der Waals surface area contributed by atoms with E-state index in [0.717, 1.165) is 0 Å². The Labute approximate surface area is 128 Å².